The molecule has 3 aromatic heterocycles. The summed E-state index contributed by atoms with van der Waals surface area (Å²) < 4.78 is 13.3. The molecule has 0 spiro atoms. The SMILES string of the molecule is Fc1ccc(Cl)c(CNc2ncc(Cc3c[nH]c4ncccc34)cn2)c1. The lowest BCUT2D eigenvalue weighted by atomic mass is 10.1. The summed E-state index contributed by atoms with van der Waals surface area (Å²) in [6, 6.07) is 8.22. The topological polar surface area (TPSA) is 66.5 Å². The lowest BCUT2D eigenvalue weighted by molar-refractivity contribution is 0.626. The second-order valence-corrected chi connectivity index (χ2v) is 6.30. The molecule has 4 aromatic rings. The highest BCUT2D eigenvalue weighted by atomic mass is 35.5. The van der Waals surface area contributed by atoms with Gasteiger partial charge in [0.25, 0.3) is 0 Å². The van der Waals surface area contributed by atoms with Gasteiger partial charge in [0.2, 0.25) is 5.95 Å². The van der Waals surface area contributed by atoms with Crippen molar-refractivity contribution in [2.75, 3.05) is 5.32 Å². The van der Waals surface area contributed by atoms with Crippen molar-refractivity contribution in [1.29, 1.82) is 0 Å². The van der Waals surface area contributed by atoms with Crippen LogP contribution >= 0.6 is 11.6 Å². The Kier molecular flexibility index (Phi) is 4.50. The van der Waals surface area contributed by atoms with Crippen LogP contribution in [0, 0.1) is 5.82 Å². The van der Waals surface area contributed by atoms with Crippen LogP contribution < -0.4 is 5.32 Å². The summed E-state index contributed by atoms with van der Waals surface area (Å²) in [6.45, 7) is 0.351. The van der Waals surface area contributed by atoms with Gasteiger partial charge in [-0.1, -0.05) is 11.6 Å². The minimum absolute atomic E-state index is 0.323. The number of rotatable bonds is 5. The Morgan fingerprint density at radius 1 is 1.08 bits per heavy atom. The Morgan fingerprint density at radius 2 is 1.92 bits per heavy atom. The van der Waals surface area contributed by atoms with E-state index in [2.05, 4.69) is 25.3 Å². The monoisotopic (exact) mass is 367 g/mol. The lowest BCUT2D eigenvalue weighted by Crippen LogP contribution is -2.05. The summed E-state index contributed by atoms with van der Waals surface area (Å²) in [5.41, 5.74) is 3.66. The van der Waals surface area contributed by atoms with Gasteiger partial charge in [-0.2, -0.15) is 0 Å². The standard InChI is InChI=1S/C19H15ClFN5/c20-17-4-3-15(21)7-14(17)11-26-19-24-8-12(9-25-19)6-13-10-23-18-16(13)2-1-5-22-18/h1-5,7-10H,6,11H2,(H,22,23)(H,24,25,26). The number of aromatic amines is 1. The fraction of sp³-hybridized carbons (Fsp3) is 0.105. The van der Waals surface area contributed by atoms with Crippen molar-refractivity contribution in [3.63, 3.8) is 0 Å². The van der Waals surface area contributed by atoms with E-state index in [-0.39, 0.29) is 5.82 Å². The van der Waals surface area contributed by atoms with Crippen molar-refractivity contribution in [2.45, 2.75) is 13.0 Å². The molecule has 7 heteroatoms. The van der Waals surface area contributed by atoms with Crippen LogP contribution in [0.3, 0.4) is 0 Å². The highest BCUT2D eigenvalue weighted by molar-refractivity contribution is 6.31. The maximum atomic E-state index is 13.3. The second-order valence-electron chi connectivity index (χ2n) is 5.89. The third-order valence-electron chi connectivity index (χ3n) is 4.08. The molecule has 4 rings (SSSR count). The van der Waals surface area contributed by atoms with Gasteiger partial charge in [0, 0.05) is 48.2 Å². The summed E-state index contributed by atoms with van der Waals surface area (Å²) in [7, 11) is 0. The molecular weight excluding hydrogens is 353 g/mol. The molecule has 1 aromatic carbocycles. The normalized spacial score (nSPS) is 11.0. The number of anilines is 1. The zero-order chi connectivity index (χ0) is 17.9. The van der Waals surface area contributed by atoms with E-state index >= 15 is 0 Å². The Morgan fingerprint density at radius 3 is 2.77 bits per heavy atom. The third kappa shape index (κ3) is 3.50. The van der Waals surface area contributed by atoms with Crippen molar-refractivity contribution in [1.82, 2.24) is 19.9 Å². The minimum Gasteiger partial charge on any atom is -0.350 e. The molecule has 0 radical (unpaired) electrons. The summed E-state index contributed by atoms with van der Waals surface area (Å²) in [5, 5.41) is 4.65. The van der Waals surface area contributed by atoms with Gasteiger partial charge in [-0.3, -0.25) is 0 Å². The molecule has 0 saturated carbocycles. The molecule has 0 aliphatic rings. The number of benzene rings is 1. The summed E-state index contributed by atoms with van der Waals surface area (Å²) in [5.74, 6) is 0.144. The number of nitrogens with one attached hydrogen (secondary N) is 2. The van der Waals surface area contributed by atoms with E-state index < -0.39 is 0 Å². The van der Waals surface area contributed by atoms with E-state index in [1.54, 1.807) is 18.6 Å². The molecule has 2 N–H and O–H groups in total. The van der Waals surface area contributed by atoms with Crippen molar-refractivity contribution in [3.05, 3.63) is 82.6 Å². The lowest BCUT2D eigenvalue weighted by Gasteiger charge is -2.07. The number of hydrogen-bond donors (Lipinski definition) is 2. The maximum absolute atomic E-state index is 13.3. The number of pyridine rings is 1. The van der Waals surface area contributed by atoms with Crippen LogP contribution in [0.15, 0.2) is 55.1 Å². The van der Waals surface area contributed by atoms with Gasteiger partial charge in [0.1, 0.15) is 11.5 Å². The van der Waals surface area contributed by atoms with Gasteiger partial charge in [-0.05, 0) is 47.0 Å². The van der Waals surface area contributed by atoms with E-state index in [4.69, 9.17) is 11.6 Å². The highest BCUT2D eigenvalue weighted by Gasteiger charge is 2.07. The van der Waals surface area contributed by atoms with Gasteiger partial charge < -0.3 is 10.3 Å². The fourth-order valence-electron chi connectivity index (χ4n) is 2.77. The molecule has 0 aliphatic heterocycles. The molecular formula is C19H15ClFN5. The number of hydrogen-bond acceptors (Lipinski definition) is 4. The molecule has 0 bridgehead atoms. The Hall–Kier alpha value is -2.99. The van der Waals surface area contributed by atoms with Gasteiger partial charge in [-0.15, -0.1) is 0 Å². The van der Waals surface area contributed by atoms with Crippen LogP contribution in [0.5, 0.6) is 0 Å². The van der Waals surface area contributed by atoms with Crippen molar-refractivity contribution >= 4 is 28.6 Å². The quantitative estimate of drug-likeness (QED) is 0.550. The highest BCUT2D eigenvalue weighted by Crippen LogP contribution is 2.20. The van der Waals surface area contributed by atoms with Crippen LogP contribution in [0.2, 0.25) is 5.02 Å². The first-order valence-corrected chi connectivity index (χ1v) is 8.46. The Labute approximate surface area is 154 Å². The molecule has 0 amide bonds. The van der Waals surface area contributed by atoms with E-state index in [0.29, 0.717) is 29.5 Å². The molecule has 130 valence electrons. The molecule has 5 nitrogen and oxygen atoms in total. The largest absolute Gasteiger partial charge is 0.350 e. The number of fused-ring (bicyclic) bond motifs is 1. The van der Waals surface area contributed by atoms with Crippen LogP contribution in [0.1, 0.15) is 16.7 Å². The van der Waals surface area contributed by atoms with E-state index in [9.17, 15) is 4.39 Å². The number of nitrogens with zero attached hydrogens (tertiary/aromatic N) is 3. The van der Waals surface area contributed by atoms with Crippen molar-refractivity contribution in [2.24, 2.45) is 0 Å². The van der Waals surface area contributed by atoms with Crippen LogP contribution in [-0.2, 0) is 13.0 Å². The van der Waals surface area contributed by atoms with Crippen LogP contribution in [-0.4, -0.2) is 19.9 Å². The first-order chi connectivity index (χ1) is 12.7. The maximum Gasteiger partial charge on any atom is 0.222 e. The molecule has 0 unspecified atom stereocenters. The zero-order valence-electron chi connectivity index (χ0n) is 13.7. The average molecular weight is 368 g/mol. The van der Waals surface area contributed by atoms with E-state index in [0.717, 1.165) is 22.2 Å². The molecule has 0 saturated heterocycles. The van der Waals surface area contributed by atoms with Crippen molar-refractivity contribution < 1.29 is 4.39 Å². The molecule has 0 fully saturated rings. The van der Waals surface area contributed by atoms with E-state index in [1.165, 1.54) is 18.2 Å². The second kappa shape index (κ2) is 7.09. The van der Waals surface area contributed by atoms with Gasteiger partial charge in [0.05, 0.1) is 0 Å². The zero-order valence-corrected chi connectivity index (χ0v) is 14.5. The fourth-order valence-corrected chi connectivity index (χ4v) is 2.95. The third-order valence-corrected chi connectivity index (χ3v) is 4.45. The van der Waals surface area contributed by atoms with Gasteiger partial charge in [0.15, 0.2) is 0 Å². The number of H-pyrrole nitrogens is 1. The summed E-state index contributed by atoms with van der Waals surface area (Å²) >= 11 is 6.06. The Bertz CT molecular complexity index is 1050. The van der Waals surface area contributed by atoms with Crippen LogP contribution in [0.25, 0.3) is 11.0 Å². The van der Waals surface area contributed by atoms with Crippen molar-refractivity contribution in [3.8, 4) is 0 Å². The summed E-state index contributed by atoms with van der Waals surface area (Å²) in [4.78, 5) is 16.1. The number of halogens is 2. The average Bonchev–Trinajstić information content (AvgIpc) is 3.07. The first kappa shape index (κ1) is 16.5. The number of aromatic nitrogens is 4. The van der Waals surface area contributed by atoms with E-state index in [1.807, 2.05) is 18.3 Å². The molecule has 0 aliphatic carbocycles. The molecule has 0 atom stereocenters. The smallest absolute Gasteiger partial charge is 0.222 e. The molecule has 26 heavy (non-hydrogen) atoms. The summed E-state index contributed by atoms with van der Waals surface area (Å²) in [6.07, 6.45) is 7.98. The first-order valence-electron chi connectivity index (χ1n) is 8.09. The van der Waals surface area contributed by atoms with Gasteiger partial charge in [-0.25, -0.2) is 19.3 Å². The predicted molar refractivity (Wildman–Crippen MR) is 99.7 cm³/mol. The predicted octanol–water partition coefficient (Wildman–Crippen LogP) is 4.35. The van der Waals surface area contributed by atoms with Crippen LogP contribution in [0.4, 0.5) is 10.3 Å². The Balaban J connectivity index is 1.44. The van der Waals surface area contributed by atoms with Gasteiger partial charge >= 0.3 is 0 Å². The molecule has 3 heterocycles. The minimum atomic E-state index is -0.323.